The molecular formula is C21H19ClN2O2. The van der Waals surface area contributed by atoms with Crippen LogP contribution in [0.4, 0.5) is 5.69 Å². The van der Waals surface area contributed by atoms with Crippen molar-refractivity contribution in [2.45, 2.75) is 19.4 Å². The zero-order valence-corrected chi connectivity index (χ0v) is 15.3. The van der Waals surface area contributed by atoms with Crippen LogP contribution in [0.3, 0.4) is 0 Å². The van der Waals surface area contributed by atoms with E-state index in [0.29, 0.717) is 11.3 Å². The number of pyridine rings is 1. The van der Waals surface area contributed by atoms with E-state index in [0.717, 1.165) is 16.7 Å². The van der Waals surface area contributed by atoms with Gasteiger partial charge in [0.05, 0.1) is 11.2 Å². The number of anilines is 1. The van der Waals surface area contributed by atoms with E-state index in [4.69, 9.17) is 11.6 Å². The molecule has 3 aromatic rings. The number of hydrogen-bond donors (Lipinski definition) is 2. The maximum Gasteiger partial charge on any atom is 0.258 e. The second kappa shape index (κ2) is 7.28. The van der Waals surface area contributed by atoms with Crippen molar-refractivity contribution in [2.24, 2.45) is 0 Å². The summed E-state index contributed by atoms with van der Waals surface area (Å²) in [5.74, 6) is -0.316. The molecule has 0 aliphatic carbocycles. The lowest BCUT2D eigenvalue weighted by Crippen LogP contribution is -2.15. The number of carbonyl (C=O) groups excluding carboxylic acids is 1. The van der Waals surface area contributed by atoms with Gasteiger partial charge in [0, 0.05) is 17.4 Å². The number of nitrogens with one attached hydrogen (secondary N) is 1. The van der Waals surface area contributed by atoms with E-state index in [2.05, 4.69) is 10.3 Å². The molecule has 1 aromatic heterocycles. The highest BCUT2D eigenvalue weighted by molar-refractivity contribution is 6.33. The van der Waals surface area contributed by atoms with E-state index in [-0.39, 0.29) is 11.1 Å². The van der Waals surface area contributed by atoms with Gasteiger partial charge in [0.2, 0.25) is 0 Å². The van der Waals surface area contributed by atoms with Gasteiger partial charge in [-0.05, 0) is 43.2 Å². The molecule has 3 rings (SSSR count). The van der Waals surface area contributed by atoms with Gasteiger partial charge in [-0.1, -0.05) is 54.1 Å². The Morgan fingerprint density at radius 1 is 1.04 bits per heavy atom. The fourth-order valence-corrected chi connectivity index (χ4v) is 2.85. The number of benzene rings is 2. The van der Waals surface area contributed by atoms with Gasteiger partial charge >= 0.3 is 0 Å². The molecule has 0 aliphatic rings. The minimum absolute atomic E-state index is 0.164. The first-order chi connectivity index (χ1) is 12.4. The minimum Gasteiger partial charge on any atom is -0.386 e. The van der Waals surface area contributed by atoms with Crippen LogP contribution in [0.25, 0.3) is 11.1 Å². The Bertz CT molecular complexity index is 931. The summed E-state index contributed by atoms with van der Waals surface area (Å²) in [6.45, 7) is 3.49. The third-order valence-corrected chi connectivity index (χ3v) is 4.38. The molecule has 1 heterocycles. The molecule has 0 fully saturated rings. The summed E-state index contributed by atoms with van der Waals surface area (Å²) >= 11 is 6.01. The van der Waals surface area contributed by atoms with E-state index < -0.39 is 5.60 Å². The predicted octanol–water partition coefficient (Wildman–Crippen LogP) is 4.88. The van der Waals surface area contributed by atoms with Gasteiger partial charge in [-0.2, -0.15) is 0 Å². The zero-order chi connectivity index (χ0) is 18.7. The summed E-state index contributed by atoms with van der Waals surface area (Å²) in [5, 5.41) is 13.2. The molecular weight excluding hydrogens is 348 g/mol. The first-order valence-corrected chi connectivity index (χ1v) is 8.58. The van der Waals surface area contributed by atoms with Crippen LogP contribution in [-0.2, 0) is 5.60 Å². The van der Waals surface area contributed by atoms with Crippen molar-refractivity contribution in [3.63, 3.8) is 0 Å². The normalized spacial score (nSPS) is 11.2. The number of para-hydroxylation sites is 1. The Balaban J connectivity index is 1.92. The Kier molecular flexibility index (Phi) is 5.07. The SMILES string of the molecule is CC(C)(O)c1ccc(-c2ccccc2NC(=O)c2cccnc2Cl)cc1. The molecule has 0 radical (unpaired) electrons. The van der Waals surface area contributed by atoms with E-state index >= 15 is 0 Å². The lowest BCUT2D eigenvalue weighted by molar-refractivity contribution is 0.0786. The Labute approximate surface area is 157 Å². The van der Waals surface area contributed by atoms with Gasteiger partial charge in [0.25, 0.3) is 5.91 Å². The fraction of sp³-hybridized carbons (Fsp3) is 0.143. The van der Waals surface area contributed by atoms with E-state index in [1.165, 1.54) is 6.20 Å². The van der Waals surface area contributed by atoms with Gasteiger partial charge in [-0.25, -0.2) is 4.98 Å². The average Bonchev–Trinajstić information content (AvgIpc) is 2.62. The number of amides is 1. The zero-order valence-electron chi connectivity index (χ0n) is 14.5. The minimum atomic E-state index is -0.899. The smallest absolute Gasteiger partial charge is 0.258 e. The fourth-order valence-electron chi connectivity index (χ4n) is 2.65. The molecule has 2 aromatic carbocycles. The third-order valence-electron chi connectivity index (χ3n) is 4.08. The molecule has 0 aliphatic heterocycles. The van der Waals surface area contributed by atoms with Crippen LogP contribution >= 0.6 is 11.6 Å². The maximum atomic E-state index is 12.5. The molecule has 0 atom stereocenters. The quantitative estimate of drug-likeness (QED) is 0.647. The predicted molar refractivity (Wildman–Crippen MR) is 104 cm³/mol. The molecule has 132 valence electrons. The lowest BCUT2D eigenvalue weighted by atomic mass is 9.95. The number of rotatable bonds is 4. The summed E-state index contributed by atoms with van der Waals surface area (Å²) in [6, 6.07) is 18.4. The molecule has 0 bridgehead atoms. The van der Waals surface area contributed by atoms with Crippen molar-refractivity contribution in [3.05, 3.63) is 83.1 Å². The van der Waals surface area contributed by atoms with Gasteiger partial charge in [-0.3, -0.25) is 4.79 Å². The van der Waals surface area contributed by atoms with Gasteiger partial charge in [0.15, 0.2) is 0 Å². The summed E-state index contributed by atoms with van der Waals surface area (Å²) in [4.78, 5) is 16.5. The summed E-state index contributed by atoms with van der Waals surface area (Å²) in [5.41, 5.74) is 2.73. The number of halogens is 1. The molecule has 1 amide bonds. The highest BCUT2D eigenvalue weighted by atomic mass is 35.5. The van der Waals surface area contributed by atoms with Gasteiger partial charge in [-0.15, -0.1) is 0 Å². The molecule has 5 heteroatoms. The van der Waals surface area contributed by atoms with Crippen molar-refractivity contribution in [1.82, 2.24) is 4.98 Å². The van der Waals surface area contributed by atoms with E-state index in [9.17, 15) is 9.90 Å². The monoisotopic (exact) mass is 366 g/mol. The topological polar surface area (TPSA) is 62.2 Å². The summed E-state index contributed by atoms with van der Waals surface area (Å²) in [7, 11) is 0. The number of aliphatic hydroxyl groups is 1. The van der Waals surface area contributed by atoms with E-state index in [1.807, 2.05) is 48.5 Å². The molecule has 0 saturated heterocycles. The van der Waals surface area contributed by atoms with Crippen LogP contribution < -0.4 is 5.32 Å². The number of aromatic nitrogens is 1. The van der Waals surface area contributed by atoms with Crippen molar-refractivity contribution in [2.75, 3.05) is 5.32 Å². The molecule has 4 nitrogen and oxygen atoms in total. The second-order valence-electron chi connectivity index (χ2n) is 6.48. The Morgan fingerprint density at radius 3 is 2.38 bits per heavy atom. The average molecular weight is 367 g/mol. The molecule has 0 saturated carbocycles. The van der Waals surface area contributed by atoms with Crippen LogP contribution in [0.15, 0.2) is 66.9 Å². The van der Waals surface area contributed by atoms with Gasteiger partial charge in [0.1, 0.15) is 5.15 Å². The Hall–Kier alpha value is -2.69. The highest BCUT2D eigenvalue weighted by Crippen LogP contribution is 2.30. The third kappa shape index (κ3) is 3.93. The second-order valence-corrected chi connectivity index (χ2v) is 6.84. The molecule has 0 unspecified atom stereocenters. The lowest BCUT2D eigenvalue weighted by Gasteiger charge is -2.18. The highest BCUT2D eigenvalue weighted by Gasteiger charge is 2.17. The van der Waals surface area contributed by atoms with Crippen molar-refractivity contribution in [3.8, 4) is 11.1 Å². The van der Waals surface area contributed by atoms with Crippen molar-refractivity contribution < 1.29 is 9.90 Å². The van der Waals surface area contributed by atoms with Crippen LogP contribution in [-0.4, -0.2) is 16.0 Å². The van der Waals surface area contributed by atoms with Crippen LogP contribution in [0.5, 0.6) is 0 Å². The summed E-state index contributed by atoms with van der Waals surface area (Å²) in [6.07, 6.45) is 1.54. The first kappa shape index (κ1) is 18.1. The largest absolute Gasteiger partial charge is 0.386 e. The standard InChI is InChI=1S/C21H19ClN2O2/c1-21(2,26)15-11-9-14(10-12-15)16-6-3-4-8-18(16)24-20(25)17-7-5-13-23-19(17)22/h3-13,26H,1-2H3,(H,24,25). The summed E-state index contributed by atoms with van der Waals surface area (Å²) < 4.78 is 0. The Morgan fingerprint density at radius 2 is 1.73 bits per heavy atom. The maximum absolute atomic E-state index is 12.5. The number of carbonyl (C=O) groups is 1. The first-order valence-electron chi connectivity index (χ1n) is 8.20. The van der Waals surface area contributed by atoms with Crippen LogP contribution in [0.1, 0.15) is 29.8 Å². The molecule has 26 heavy (non-hydrogen) atoms. The molecule has 0 spiro atoms. The number of nitrogens with zero attached hydrogens (tertiary/aromatic N) is 1. The van der Waals surface area contributed by atoms with Crippen molar-refractivity contribution >= 4 is 23.2 Å². The van der Waals surface area contributed by atoms with Gasteiger partial charge < -0.3 is 10.4 Å². The van der Waals surface area contributed by atoms with Crippen LogP contribution in [0, 0.1) is 0 Å². The van der Waals surface area contributed by atoms with Crippen molar-refractivity contribution in [1.29, 1.82) is 0 Å². The van der Waals surface area contributed by atoms with Crippen LogP contribution in [0.2, 0.25) is 5.15 Å². The van der Waals surface area contributed by atoms with E-state index in [1.54, 1.807) is 26.0 Å². The molecule has 2 N–H and O–H groups in total. The number of hydrogen-bond acceptors (Lipinski definition) is 3.